The number of carbonyl (C=O) groups is 1. The van der Waals surface area contributed by atoms with Crippen molar-refractivity contribution in [1.29, 1.82) is 0 Å². The van der Waals surface area contributed by atoms with Gasteiger partial charge in [-0.15, -0.1) is 0 Å². The molecule has 0 unspecified atom stereocenters. The molecule has 0 saturated heterocycles. The van der Waals surface area contributed by atoms with Crippen molar-refractivity contribution in [1.82, 2.24) is 5.43 Å². The maximum Gasteiger partial charge on any atom is 0.307 e. The van der Waals surface area contributed by atoms with Gasteiger partial charge in [0, 0.05) is 5.39 Å². The van der Waals surface area contributed by atoms with Crippen LogP contribution in [0.5, 0.6) is 5.75 Å². The van der Waals surface area contributed by atoms with Crippen LogP contribution in [0.1, 0.15) is 53.9 Å². The van der Waals surface area contributed by atoms with Gasteiger partial charge in [-0.3, -0.25) is 4.79 Å². The van der Waals surface area contributed by atoms with Crippen LogP contribution in [0.15, 0.2) is 52.0 Å². The number of furan rings is 1. The fraction of sp³-hybridized carbons (Fsp3) is 0.273. The Balaban J connectivity index is 1.77. The molecular formula is C22H24N2O3. The van der Waals surface area contributed by atoms with Crippen molar-refractivity contribution < 1.29 is 13.9 Å². The zero-order chi connectivity index (χ0) is 19.4. The Morgan fingerprint density at radius 3 is 2.74 bits per heavy atom. The minimum absolute atomic E-state index is 0.236. The second-order valence-electron chi connectivity index (χ2n) is 6.68. The first kappa shape index (κ1) is 18.7. The lowest BCUT2D eigenvalue weighted by Crippen LogP contribution is -2.16. The highest BCUT2D eigenvalue weighted by molar-refractivity contribution is 5.96. The maximum atomic E-state index is 12.3. The predicted molar refractivity (Wildman–Crippen MR) is 108 cm³/mol. The third-order valence-electron chi connectivity index (χ3n) is 4.34. The molecule has 1 aromatic heterocycles. The van der Waals surface area contributed by atoms with Crippen molar-refractivity contribution in [2.24, 2.45) is 5.10 Å². The van der Waals surface area contributed by atoms with Gasteiger partial charge in [0.25, 0.3) is 0 Å². The predicted octanol–water partition coefficient (Wildman–Crippen LogP) is 5.03. The number of amides is 1. The molecule has 0 saturated carbocycles. The van der Waals surface area contributed by atoms with Crippen LogP contribution in [0.25, 0.3) is 11.0 Å². The molecule has 5 nitrogen and oxygen atoms in total. The normalized spacial score (nSPS) is 11.4. The molecule has 1 N–H and O–H groups in total. The number of benzene rings is 2. The molecule has 1 amide bonds. The Kier molecular flexibility index (Phi) is 5.60. The van der Waals surface area contributed by atoms with Crippen molar-refractivity contribution in [2.45, 2.75) is 33.6 Å². The number of ether oxygens (including phenoxy) is 1. The highest BCUT2D eigenvalue weighted by Crippen LogP contribution is 2.29. The van der Waals surface area contributed by atoms with Crippen LogP contribution in [-0.2, 0) is 0 Å². The van der Waals surface area contributed by atoms with Gasteiger partial charge in [0.2, 0.25) is 0 Å². The van der Waals surface area contributed by atoms with Crippen molar-refractivity contribution in [3.05, 3.63) is 64.9 Å². The maximum absolute atomic E-state index is 12.3. The number of rotatable bonds is 6. The zero-order valence-corrected chi connectivity index (χ0v) is 16.1. The Labute approximate surface area is 159 Å². The summed E-state index contributed by atoms with van der Waals surface area (Å²) in [7, 11) is 0. The Morgan fingerprint density at radius 1 is 1.26 bits per heavy atom. The van der Waals surface area contributed by atoms with E-state index in [1.54, 1.807) is 12.3 Å². The van der Waals surface area contributed by atoms with Crippen LogP contribution in [0.4, 0.5) is 0 Å². The second-order valence-corrected chi connectivity index (χ2v) is 6.68. The smallest absolute Gasteiger partial charge is 0.307 e. The van der Waals surface area contributed by atoms with E-state index < -0.39 is 0 Å². The van der Waals surface area contributed by atoms with E-state index >= 15 is 0 Å². The van der Waals surface area contributed by atoms with E-state index in [1.165, 1.54) is 0 Å². The minimum atomic E-state index is -0.380. The van der Waals surface area contributed by atoms with E-state index in [-0.39, 0.29) is 11.7 Å². The molecule has 0 bridgehead atoms. The second kappa shape index (κ2) is 8.08. The quantitative estimate of drug-likeness (QED) is 0.493. The molecule has 0 aliphatic heterocycles. The average Bonchev–Trinajstić information content (AvgIpc) is 3.07. The van der Waals surface area contributed by atoms with Gasteiger partial charge in [0.15, 0.2) is 5.76 Å². The number of hydrazone groups is 1. The number of carbonyl (C=O) groups excluding carboxylic acids is 1. The van der Waals surface area contributed by atoms with E-state index in [0.29, 0.717) is 18.1 Å². The molecule has 3 rings (SSSR count). The molecule has 27 heavy (non-hydrogen) atoms. The SMILES string of the molecule is CCOc1cc(C)c(/C=N/NC(=O)c2cc3ccccc3o2)cc1C(C)C. The third kappa shape index (κ3) is 4.19. The number of fused-ring (bicyclic) bond motifs is 1. The molecule has 0 aliphatic carbocycles. The largest absolute Gasteiger partial charge is 0.494 e. The summed E-state index contributed by atoms with van der Waals surface area (Å²) < 4.78 is 11.3. The Morgan fingerprint density at radius 2 is 2.04 bits per heavy atom. The van der Waals surface area contributed by atoms with Gasteiger partial charge in [-0.05, 0) is 60.7 Å². The standard InChI is InChI=1S/C22H24N2O3/c1-5-26-20-10-15(4)17(11-18(20)14(2)3)13-23-24-22(25)21-12-16-8-6-7-9-19(16)27-21/h6-14H,5H2,1-4H3,(H,24,25)/b23-13+. The van der Waals surface area contributed by atoms with Gasteiger partial charge in [-0.2, -0.15) is 5.10 Å². The molecule has 3 aromatic rings. The molecule has 0 fully saturated rings. The van der Waals surface area contributed by atoms with E-state index in [1.807, 2.05) is 44.2 Å². The van der Waals surface area contributed by atoms with Crippen LogP contribution >= 0.6 is 0 Å². The fourth-order valence-corrected chi connectivity index (χ4v) is 2.90. The van der Waals surface area contributed by atoms with Gasteiger partial charge >= 0.3 is 5.91 Å². The van der Waals surface area contributed by atoms with Gasteiger partial charge in [0.1, 0.15) is 11.3 Å². The molecule has 1 heterocycles. The van der Waals surface area contributed by atoms with E-state index in [4.69, 9.17) is 9.15 Å². The lowest BCUT2D eigenvalue weighted by Gasteiger charge is -2.15. The number of hydrogen-bond donors (Lipinski definition) is 1. The molecule has 0 radical (unpaired) electrons. The molecule has 0 atom stereocenters. The lowest BCUT2D eigenvalue weighted by atomic mass is 9.97. The Bertz CT molecular complexity index is 953. The van der Waals surface area contributed by atoms with Crippen LogP contribution in [0, 0.1) is 6.92 Å². The first-order valence-electron chi connectivity index (χ1n) is 9.09. The minimum Gasteiger partial charge on any atom is -0.494 e. The summed E-state index contributed by atoms with van der Waals surface area (Å²) in [4.78, 5) is 12.3. The highest BCUT2D eigenvalue weighted by atomic mass is 16.5. The van der Waals surface area contributed by atoms with Gasteiger partial charge in [-0.1, -0.05) is 32.0 Å². The third-order valence-corrected chi connectivity index (χ3v) is 4.34. The monoisotopic (exact) mass is 364 g/mol. The van der Waals surface area contributed by atoms with Gasteiger partial charge in [-0.25, -0.2) is 5.43 Å². The molecule has 0 spiro atoms. The van der Waals surface area contributed by atoms with Crippen molar-refractivity contribution in [3.8, 4) is 5.75 Å². The van der Waals surface area contributed by atoms with E-state index in [0.717, 1.165) is 27.8 Å². The van der Waals surface area contributed by atoms with Gasteiger partial charge in [0.05, 0.1) is 12.8 Å². The highest BCUT2D eigenvalue weighted by Gasteiger charge is 2.12. The molecule has 2 aromatic carbocycles. The summed E-state index contributed by atoms with van der Waals surface area (Å²) in [5.74, 6) is 1.08. The van der Waals surface area contributed by atoms with Crippen LogP contribution < -0.4 is 10.2 Å². The first-order valence-corrected chi connectivity index (χ1v) is 9.09. The summed E-state index contributed by atoms with van der Waals surface area (Å²) in [6.07, 6.45) is 1.65. The van der Waals surface area contributed by atoms with Crippen molar-refractivity contribution in [3.63, 3.8) is 0 Å². The van der Waals surface area contributed by atoms with Crippen molar-refractivity contribution in [2.75, 3.05) is 6.61 Å². The number of nitrogens with zero attached hydrogens (tertiary/aromatic N) is 1. The lowest BCUT2D eigenvalue weighted by molar-refractivity contribution is 0.0929. The van der Waals surface area contributed by atoms with Crippen LogP contribution in [0.2, 0.25) is 0 Å². The fourth-order valence-electron chi connectivity index (χ4n) is 2.90. The number of para-hydroxylation sites is 1. The van der Waals surface area contributed by atoms with E-state index in [2.05, 4.69) is 30.4 Å². The number of aryl methyl sites for hydroxylation is 1. The summed E-state index contributed by atoms with van der Waals surface area (Å²) in [5, 5.41) is 4.98. The number of nitrogens with one attached hydrogen (secondary N) is 1. The topological polar surface area (TPSA) is 63.8 Å². The van der Waals surface area contributed by atoms with Gasteiger partial charge < -0.3 is 9.15 Å². The van der Waals surface area contributed by atoms with Crippen LogP contribution in [0.3, 0.4) is 0 Å². The Hall–Kier alpha value is -3.08. The number of hydrogen-bond acceptors (Lipinski definition) is 4. The zero-order valence-electron chi connectivity index (χ0n) is 16.1. The molecule has 5 heteroatoms. The summed E-state index contributed by atoms with van der Waals surface area (Å²) in [6, 6.07) is 13.3. The van der Waals surface area contributed by atoms with Crippen LogP contribution in [-0.4, -0.2) is 18.7 Å². The first-order chi connectivity index (χ1) is 13.0. The van der Waals surface area contributed by atoms with E-state index in [9.17, 15) is 4.79 Å². The molecule has 140 valence electrons. The average molecular weight is 364 g/mol. The summed E-state index contributed by atoms with van der Waals surface area (Å²) in [5.41, 5.74) is 6.29. The molecule has 0 aliphatic rings. The summed E-state index contributed by atoms with van der Waals surface area (Å²) >= 11 is 0. The summed E-state index contributed by atoms with van der Waals surface area (Å²) in [6.45, 7) is 8.84. The molecular weight excluding hydrogens is 340 g/mol. The van der Waals surface area contributed by atoms with Crippen molar-refractivity contribution >= 4 is 23.1 Å².